The minimum atomic E-state index is 0.122. The van der Waals surface area contributed by atoms with Gasteiger partial charge in [0.25, 0.3) is 0 Å². The van der Waals surface area contributed by atoms with E-state index in [0.717, 1.165) is 25.2 Å². The van der Waals surface area contributed by atoms with Crippen LogP contribution in [0.2, 0.25) is 0 Å². The largest absolute Gasteiger partial charge is 0.378 e. The van der Waals surface area contributed by atoms with Crippen LogP contribution < -0.4 is 10.2 Å². The molecule has 1 aromatic heterocycles. The van der Waals surface area contributed by atoms with Crippen LogP contribution >= 0.6 is 0 Å². The van der Waals surface area contributed by atoms with Crippen molar-refractivity contribution in [2.24, 2.45) is 0 Å². The Labute approximate surface area is 127 Å². The molecule has 21 heavy (non-hydrogen) atoms. The molecular formula is C16H25N5. The van der Waals surface area contributed by atoms with Crippen LogP contribution in [0.3, 0.4) is 0 Å². The number of aromatic nitrogens is 3. The molecule has 0 fully saturated rings. The Bertz CT molecular complexity index is 561. The van der Waals surface area contributed by atoms with Gasteiger partial charge in [0.05, 0.1) is 17.9 Å². The van der Waals surface area contributed by atoms with Gasteiger partial charge in [0.2, 0.25) is 0 Å². The zero-order valence-electron chi connectivity index (χ0n) is 13.4. The number of nitrogens with zero attached hydrogens (tertiary/aromatic N) is 4. The molecule has 0 aliphatic heterocycles. The molecule has 114 valence electrons. The lowest BCUT2D eigenvalue weighted by Crippen LogP contribution is -2.25. The van der Waals surface area contributed by atoms with Crippen molar-refractivity contribution in [3.05, 3.63) is 41.7 Å². The van der Waals surface area contributed by atoms with Crippen LogP contribution in [0.15, 0.2) is 30.5 Å². The summed E-state index contributed by atoms with van der Waals surface area (Å²) in [6.07, 6.45) is 2.91. The molecule has 5 nitrogen and oxygen atoms in total. The molecule has 0 amide bonds. The molecule has 0 saturated carbocycles. The quantitative estimate of drug-likeness (QED) is 0.849. The van der Waals surface area contributed by atoms with E-state index >= 15 is 0 Å². The van der Waals surface area contributed by atoms with E-state index in [4.69, 9.17) is 0 Å². The lowest BCUT2D eigenvalue weighted by molar-refractivity contribution is 0.511. The van der Waals surface area contributed by atoms with Gasteiger partial charge in [-0.2, -0.15) is 0 Å². The Kier molecular flexibility index (Phi) is 5.33. The molecule has 1 unspecified atom stereocenters. The standard InChI is InChI=1S/C16H25N5/c1-5-10-21-15(12-18-19-21)16(17-6-2)13-8-7-9-14(11-13)20(3)4/h7-9,11-12,16-17H,5-6,10H2,1-4H3. The summed E-state index contributed by atoms with van der Waals surface area (Å²) >= 11 is 0. The predicted molar refractivity (Wildman–Crippen MR) is 86.6 cm³/mol. The van der Waals surface area contributed by atoms with E-state index in [2.05, 4.69) is 72.7 Å². The number of nitrogens with one attached hydrogen (secondary N) is 1. The van der Waals surface area contributed by atoms with Gasteiger partial charge in [-0.3, -0.25) is 0 Å². The maximum absolute atomic E-state index is 4.21. The number of hydrogen-bond donors (Lipinski definition) is 1. The summed E-state index contributed by atoms with van der Waals surface area (Å²) in [5.41, 5.74) is 3.56. The second-order valence-electron chi connectivity index (χ2n) is 5.36. The fourth-order valence-electron chi connectivity index (χ4n) is 2.45. The van der Waals surface area contributed by atoms with E-state index in [0.29, 0.717) is 0 Å². The number of aryl methyl sites for hydroxylation is 1. The van der Waals surface area contributed by atoms with E-state index in [9.17, 15) is 0 Å². The SMILES string of the molecule is CCCn1nncc1C(NCC)c1cccc(N(C)C)c1. The van der Waals surface area contributed by atoms with Gasteiger partial charge in [0, 0.05) is 26.3 Å². The van der Waals surface area contributed by atoms with Crippen molar-refractivity contribution >= 4 is 5.69 Å². The summed E-state index contributed by atoms with van der Waals surface area (Å²) in [6.45, 7) is 6.07. The molecular weight excluding hydrogens is 262 g/mol. The second-order valence-corrected chi connectivity index (χ2v) is 5.36. The van der Waals surface area contributed by atoms with Gasteiger partial charge in [-0.1, -0.05) is 31.2 Å². The van der Waals surface area contributed by atoms with Crippen LogP contribution in [0.1, 0.15) is 37.6 Å². The Hall–Kier alpha value is -1.88. The predicted octanol–water partition coefficient (Wildman–Crippen LogP) is 2.45. The van der Waals surface area contributed by atoms with E-state index < -0.39 is 0 Å². The third-order valence-corrected chi connectivity index (χ3v) is 3.51. The van der Waals surface area contributed by atoms with Crippen LogP contribution in [0.25, 0.3) is 0 Å². The molecule has 1 N–H and O–H groups in total. The van der Waals surface area contributed by atoms with Crippen molar-refractivity contribution in [1.82, 2.24) is 20.3 Å². The maximum Gasteiger partial charge on any atom is 0.0802 e. The minimum absolute atomic E-state index is 0.122. The smallest absolute Gasteiger partial charge is 0.0802 e. The van der Waals surface area contributed by atoms with Crippen LogP contribution in [-0.2, 0) is 6.54 Å². The molecule has 0 saturated heterocycles. The molecule has 2 aromatic rings. The zero-order chi connectivity index (χ0) is 15.2. The summed E-state index contributed by atoms with van der Waals surface area (Å²) in [6, 6.07) is 8.72. The van der Waals surface area contributed by atoms with Crippen molar-refractivity contribution < 1.29 is 0 Å². The van der Waals surface area contributed by atoms with Crippen LogP contribution in [0, 0.1) is 0 Å². The molecule has 0 aliphatic rings. The summed E-state index contributed by atoms with van der Waals surface area (Å²) in [4.78, 5) is 2.12. The number of anilines is 1. The molecule has 1 aromatic carbocycles. The van der Waals surface area contributed by atoms with Crippen LogP contribution in [-0.4, -0.2) is 35.6 Å². The lowest BCUT2D eigenvalue weighted by Gasteiger charge is -2.21. The Balaban J connectivity index is 2.38. The molecule has 1 atom stereocenters. The lowest BCUT2D eigenvalue weighted by atomic mass is 10.0. The Morgan fingerprint density at radius 3 is 2.76 bits per heavy atom. The molecule has 0 spiro atoms. The molecule has 5 heteroatoms. The summed E-state index contributed by atoms with van der Waals surface area (Å²) in [5.74, 6) is 0. The highest BCUT2D eigenvalue weighted by Crippen LogP contribution is 2.24. The highest BCUT2D eigenvalue weighted by Gasteiger charge is 2.18. The van der Waals surface area contributed by atoms with E-state index in [1.807, 2.05) is 10.9 Å². The maximum atomic E-state index is 4.21. The van der Waals surface area contributed by atoms with Crippen LogP contribution in [0.4, 0.5) is 5.69 Å². The number of rotatable bonds is 7. The molecule has 0 radical (unpaired) electrons. The first-order valence-electron chi connectivity index (χ1n) is 7.56. The molecule has 0 bridgehead atoms. The summed E-state index contributed by atoms with van der Waals surface area (Å²) in [7, 11) is 4.12. The topological polar surface area (TPSA) is 46.0 Å². The van der Waals surface area contributed by atoms with E-state index in [1.54, 1.807) is 0 Å². The van der Waals surface area contributed by atoms with Gasteiger partial charge in [0.1, 0.15) is 0 Å². The molecule has 2 rings (SSSR count). The first-order valence-corrected chi connectivity index (χ1v) is 7.56. The fourth-order valence-corrected chi connectivity index (χ4v) is 2.45. The van der Waals surface area contributed by atoms with Gasteiger partial charge in [-0.15, -0.1) is 5.10 Å². The number of hydrogen-bond acceptors (Lipinski definition) is 4. The first kappa shape index (κ1) is 15.5. The van der Waals surface area contributed by atoms with Crippen molar-refractivity contribution in [3.8, 4) is 0 Å². The van der Waals surface area contributed by atoms with Crippen molar-refractivity contribution in [2.75, 3.05) is 25.5 Å². The van der Waals surface area contributed by atoms with Gasteiger partial charge in [0.15, 0.2) is 0 Å². The molecule has 0 aliphatic carbocycles. The third kappa shape index (κ3) is 3.61. The summed E-state index contributed by atoms with van der Waals surface area (Å²) < 4.78 is 2.00. The average molecular weight is 287 g/mol. The zero-order valence-corrected chi connectivity index (χ0v) is 13.4. The van der Waals surface area contributed by atoms with Gasteiger partial charge in [-0.25, -0.2) is 4.68 Å². The van der Waals surface area contributed by atoms with Crippen molar-refractivity contribution in [1.29, 1.82) is 0 Å². The minimum Gasteiger partial charge on any atom is -0.378 e. The summed E-state index contributed by atoms with van der Waals surface area (Å²) in [5, 5.41) is 11.8. The first-order chi connectivity index (χ1) is 10.2. The third-order valence-electron chi connectivity index (χ3n) is 3.51. The van der Waals surface area contributed by atoms with E-state index in [-0.39, 0.29) is 6.04 Å². The average Bonchev–Trinajstić information content (AvgIpc) is 2.93. The van der Waals surface area contributed by atoms with Crippen molar-refractivity contribution in [2.45, 2.75) is 32.9 Å². The molecule has 1 heterocycles. The number of benzene rings is 1. The Morgan fingerprint density at radius 2 is 2.10 bits per heavy atom. The normalized spacial score (nSPS) is 12.4. The van der Waals surface area contributed by atoms with Gasteiger partial charge < -0.3 is 10.2 Å². The van der Waals surface area contributed by atoms with Crippen LogP contribution in [0.5, 0.6) is 0 Å². The van der Waals surface area contributed by atoms with Gasteiger partial charge >= 0.3 is 0 Å². The Morgan fingerprint density at radius 1 is 1.29 bits per heavy atom. The highest BCUT2D eigenvalue weighted by atomic mass is 15.4. The van der Waals surface area contributed by atoms with E-state index in [1.165, 1.54) is 11.3 Å². The monoisotopic (exact) mass is 287 g/mol. The van der Waals surface area contributed by atoms with Gasteiger partial charge in [-0.05, 0) is 30.7 Å². The highest BCUT2D eigenvalue weighted by molar-refractivity contribution is 5.48. The fraction of sp³-hybridized carbons (Fsp3) is 0.500. The second kappa shape index (κ2) is 7.22. The van der Waals surface area contributed by atoms with Crippen molar-refractivity contribution in [3.63, 3.8) is 0 Å².